The summed E-state index contributed by atoms with van der Waals surface area (Å²) in [5.41, 5.74) is 0.352. The highest BCUT2D eigenvalue weighted by molar-refractivity contribution is 5.77. The summed E-state index contributed by atoms with van der Waals surface area (Å²) in [7, 11) is 0. The van der Waals surface area contributed by atoms with E-state index in [0.717, 1.165) is 0 Å². The number of rotatable bonds is 6. The molecule has 1 rings (SSSR count). The van der Waals surface area contributed by atoms with Crippen LogP contribution in [0.1, 0.15) is 25.6 Å². The van der Waals surface area contributed by atoms with Crippen molar-refractivity contribution in [1.82, 2.24) is 14.9 Å². The summed E-state index contributed by atoms with van der Waals surface area (Å²) >= 11 is 0. The Hall–Kier alpha value is -1.57. The zero-order valence-corrected chi connectivity index (χ0v) is 10.7. The van der Waals surface area contributed by atoms with Gasteiger partial charge >= 0.3 is 12.1 Å². The molecule has 0 aromatic carbocycles. The highest BCUT2D eigenvalue weighted by Gasteiger charge is 2.32. The first-order valence-electron chi connectivity index (χ1n) is 5.85. The Bertz CT molecular complexity index is 418. The smallest absolute Gasteiger partial charge is 0.401 e. The quantitative estimate of drug-likeness (QED) is 0.805. The first-order chi connectivity index (χ1) is 8.89. The lowest BCUT2D eigenvalue weighted by atomic mass is 10.2. The summed E-state index contributed by atoms with van der Waals surface area (Å²) in [5.74, 6) is -0.748. The molecule has 1 aromatic heterocycles. The third-order valence-corrected chi connectivity index (χ3v) is 2.41. The fourth-order valence-electron chi connectivity index (χ4n) is 1.59. The van der Waals surface area contributed by atoms with Crippen LogP contribution in [0.15, 0.2) is 12.5 Å². The number of hydrogen-bond acceptors (Lipinski definition) is 4. The lowest BCUT2D eigenvalue weighted by Gasteiger charge is -2.19. The number of carbonyl (C=O) groups is 1. The molecule has 0 amide bonds. The monoisotopic (exact) mass is 279 g/mol. The molecule has 108 valence electrons. The summed E-state index contributed by atoms with van der Waals surface area (Å²) in [6, 6.07) is -1.18. The van der Waals surface area contributed by atoms with Crippen molar-refractivity contribution in [2.24, 2.45) is 0 Å². The van der Waals surface area contributed by atoms with E-state index in [1.807, 2.05) is 0 Å². The first kappa shape index (κ1) is 15.5. The summed E-state index contributed by atoms with van der Waals surface area (Å²) in [5, 5.41) is 2.16. The van der Waals surface area contributed by atoms with E-state index in [1.165, 1.54) is 12.5 Å². The van der Waals surface area contributed by atoms with Crippen LogP contribution in [0.2, 0.25) is 0 Å². The topological polar surface area (TPSA) is 56.1 Å². The van der Waals surface area contributed by atoms with Crippen molar-refractivity contribution < 1.29 is 22.7 Å². The third-order valence-electron chi connectivity index (χ3n) is 2.41. The van der Waals surface area contributed by atoms with Gasteiger partial charge in [0.2, 0.25) is 0 Å². The van der Waals surface area contributed by atoms with Gasteiger partial charge in [0.1, 0.15) is 6.04 Å². The lowest BCUT2D eigenvalue weighted by Crippen LogP contribution is -2.37. The molecule has 0 saturated heterocycles. The predicted octanol–water partition coefficient (Wildman–Crippen LogP) is 1.66. The minimum atomic E-state index is -4.40. The van der Waals surface area contributed by atoms with Crippen LogP contribution in [0.3, 0.4) is 0 Å². The van der Waals surface area contributed by atoms with Crippen molar-refractivity contribution in [1.29, 1.82) is 0 Å². The Morgan fingerprint density at radius 1 is 1.53 bits per heavy atom. The molecule has 0 aliphatic carbocycles. The number of aromatic nitrogens is 2. The van der Waals surface area contributed by atoms with Crippen molar-refractivity contribution in [3.63, 3.8) is 0 Å². The number of carbonyl (C=O) groups excluding carboxylic acids is 1. The Morgan fingerprint density at radius 3 is 2.74 bits per heavy atom. The molecule has 1 heterocycles. The molecule has 0 aliphatic heterocycles. The number of halogens is 3. The maximum Gasteiger partial charge on any atom is 0.401 e. The van der Waals surface area contributed by atoms with E-state index < -0.39 is 24.7 Å². The van der Waals surface area contributed by atoms with Crippen LogP contribution in [0, 0.1) is 0 Å². The van der Waals surface area contributed by atoms with Gasteiger partial charge in [-0.2, -0.15) is 13.2 Å². The molecule has 5 nitrogen and oxygen atoms in total. The predicted molar refractivity (Wildman–Crippen MR) is 61.3 cm³/mol. The largest absolute Gasteiger partial charge is 0.465 e. The van der Waals surface area contributed by atoms with E-state index in [2.05, 4.69) is 10.3 Å². The second-order valence-corrected chi connectivity index (χ2v) is 3.79. The molecule has 1 atom stereocenters. The molecule has 1 aromatic rings. The molecule has 0 bridgehead atoms. The van der Waals surface area contributed by atoms with Crippen LogP contribution in [0.5, 0.6) is 0 Å². The average Bonchev–Trinajstić information content (AvgIpc) is 2.76. The molecule has 19 heavy (non-hydrogen) atoms. The molecular formula is C11H16F3N3O2. The maximum absolute atomic E-state index is 12.3. The van der Waals surface area contributed by atoms with Gasteiger partial charge in [0.15, 0.2) is 0 Å². The van der Waals surface area contributed by atoms with Crippen LogP contribution in [0.4, 0.5) is 13.2 Å². The van der Waals surface area contributed by atoms with Gasteiger partial charge in [-0.15, -0.1) is 0 Å². The van der Waals surface area contributed by atoms with Gasteiger partial charge in [-0.05, 0) is 13.8 Å². The van der Waals surface area contributed by atoms with Gasteiger partial charge in [-0.1, -0.05) is 0 Å². The number of alkyl halides is 3. The molecule has 0 fully saturated rings. The standard InChI is InChI=1S/C11H16F3N3O2/c1-3-17-7-15-5-8(17)9(10(18)19-4-2)16-6-11(12,13)14/h5,7,9,16H,3-4,6H2,1-2H3. The zero-order chi connectivity index (χ0) is 14.5. The molecule has 1 N–H and O–H groups in total. The summed E-state index contributed by atoms with van der Waals surface area (Å²) in [4.78, 5) is 15.6. The number of ether oxygens (including phenoxy) is 1. The van der Waals surface area contributed by atoms with Gasteiger partial charge in [0.25, 0.3) is 0 Å². The zero-order valence-electron chi connectivity index (χ0n) is 10.7. The number of hydrogen-bond donors (Lipinski definition) is 1. The van der Waals surface area contributed by atoms with E-state index in [0.29, 0.717) is 12.2 Å². The van der Waals surface area contributed by atoms with Crippen molar-refractivity contribution in [3.05, 3.63) is 18.2 Å². The Kier molecular flexibility index (Phi) is 5.34. The second-order valence-electron chi connectivity index (χ2n) is 3.79. The highest BCUT2D eigenvalue weighted by atomic mass is 19.4. The molecule has 0 aliphatic rings. The van der Waals surface area contributed by atoms with Gasteiger partial charge in [0.05, 0.1) is 31.4 Å². The van der Waals surface area contributed by atoms with Crippen LogP contribution in [-0.4, -0.2) is 34.8 Å². The minimum absolute atomic E-state index is 0.100. The fourth-order valence-corrected chi connectivity index (χ4v) is 1.59. The number of esters is 1. The maximum atomic E-state index is 12.3. The normalized spacial score (nSPS) is 13.3. The van der Waals surface area contributed by atoms with Crippen LogP contribution in [-0.2, 0) is 16.1 Å². The summed E-state index contributed by atoms with van der Waals surface area (Å²) in [6.45, 7) is 2.72. The van der Waals surface area contributed by atoms with E-state index in [4.69, 9.17) is 4.74 Å². The first-order valence-corrected chi connectivity index (χ1v) is 5.85. The van der Waals surface area contributed by atoms with E-state index in [-0.39, 0.29) is 6.61 Å². The molecule has 1 unspecified atom stereocenters. The number of imidazole rings is 1. The van der Waals surface area contributed by atoms with Gasteiger partial charge in [-0.3, -0.25) is 5.32 Å². The van der Waals surface area contributed by atoms with Gasteiger partial charge < -0.3 is 9.30 Å². The molecule has 8 heteroatoms. The average molecular weight is 279 g/mol. The van der Waals surface area contributed by atoms with Crippen molar-refractivity contribution in [3.8, 4) is 0 Å². The second kappa shape index (κ2) is 6.55. The van der Waals surface area contributed by atoms with Crippen molar-refractivity contribution in [2.75, 3.05) is 13.2 Å². The van der Waals surface area contributed by atoms with E-state index in [9.17, 15) is 18.0 Å². The molecule has 0 spiro atoms. The van der Waals surface area contributed by atoms with Gasteiger partial charge in [0, 0.05) is 6.54 Å². The van der Waals surface area contributed by atoms with Crippen molar-refractivity contribution >= 4 is 5.97 Å². The van der Waals surface area contributed by atoms with Crippen molar-refractivity contribution in [2.45, 2.75) is 32.6 Å². The van der Waals surface area contributed by atoms with E-state index >= 15 is 0 Å². The van der Waals surface area contributed by atoms with Crippen LogP contribution >= 0.6 is 0 Å². The van der Waals surface area contributed by atoms with Crippen LogP contribution in [0.25, 0.3) is 0 Å². The highest BCUT2D eigenvalue weighted by Crippen LogP contribution is 2.18. The van der Waals surface area contributed by atoms with Gasteiger partial charge in [-0.25, -0.2) is 9.78 Å². The molecular weight excluding hydrogens is 263 g/mol. The summed E-state index contributed by atoms with van der Waals surface area (Å²) in [6.07, 6.45) is -1.59. The lowest BCUT2D eigenvalue weighted by molar-refractivity contribution is -0.149. The fraction of sp³-hybridized carbons (Fsp3) is 0.636. The Labute approximate surface area is 108 Å². The molecule has 0 radical (unpaired) electrons. The molecule has 0 saturated carbocycles. The number of nitrogens with one attached hydrogen (secondary N) is 1. The Morgan fingerprint density at radius 2 is 2.21 bits per heavy atom. The van der Waals surface area contributed by atoms with E-state index in [1.54, 1.807) is 18.4 Å². The number of nitrogens with zero attached hydrogens (tertiary/aromatic N) is 2. The number of aryl methyl sites for hydroxylation is 1. The SMILES string of the molecule is CCOC(=O)C(NCC(F)(F)F)c1cncn1CC. The summed E-state index contributed by atoms with van der Waals surface area (Å²) < 4.78 is 43.1. The Balaban J connectivity index is 2.89. The third kappa shape index (κ3) is 4.55. The minimum Gasteiger partial charge on any atom is -0.465 e. The van der Waals surface area contributed by atoms with Crippen LogP contribution < -0.4 is 5.32 Å².